The third-order valence-electron chi connectivity index (χ3n) is 11.3. The molecular weight excluding hydrogens is 384 g/mol. The highest BCUT2D eigenvalue weighted by Gasteiger charge is 2.43. The van der Waals surface area contributed by atoms with E-state index in [2.05, 4.69) is 13.8 Å². The number of hydrogen-bond acceptors (Lipinski definition) is 0. The summed E-state index contributed by atoms with van der Waals surface area (Å²) in [6, 6.07) is 0. The Hall–Kier alpha value is 0. The third kappa shape index (κ3) is 6.78. The van der Waals surface area contributed by atoms with Gasteiger partial charge >= 0.3 is 0 Å². The van der Waals surface area contributed by atoms with Crippen LogP contribution in [0.15, 0.2) is 0 Å². The van der Waals surface area contributed by atoms with Crippen molar-refractivity contribution in [1.29, 1.82) is 0 Å². The molecule has 0 unspecified atom stereocenters. The first-order valence-electron chi connectivity index (χ1n) is 15.7. The van der Waals surface area contributed by atoms with Crippen LogP contribution < -0.4 is 0 Å². The second-order valence-electron chi connectivity index (χ2n) is 13.4. The van der Waals surface area contributed by atoms with Crippen molar-refractivity contribution in [3.63, 3.8) is 0 Å². The van der Waals surface area contributed by atoms with Crippen molar-refractivity contribution >= 4 is 0 Å². The van der Waals surface area contributed by atoms with E-state index in [0.717, 1.165) is 40.9 Å². The molecule has 0 amide bonds. The fraction of sp³-hybridized carbons (Fsp3) is 1.00. The minimum absolute atomic E-state index is 0.762. The third-order valence-corrected chi connectivity index (χ3v) is 11.3. The first kappa shape index (κ1) is 25.1. The largest absolute Gasteiger partial charge is 0.0654 e. The Labute approximate surface area is 202 Å². The first-order chi connectivity index (χ1) is 15.7. The maximum absolute atomic E-state index is 2.39. The van der Waals surface area contributed by atoms with Crippen LogP contribution in [0.2, 0.25) is 0 Å². The molecule has 0 N–H and O–H groups in total. The Morgan fingerprint density at radius 1 is 0.500 bits per heavy atom. The lowest BCUT2D eigenvalue weighted by Gasteiger charge is -2.50. The first-order valence-corrected chi connectivity index (χ1v) is 15.7. The zero-order valence-electron chi connectivity index (χ0n) is 22.2. The van der Waals surface area contributed by atoms with Crippen molar-refractivity contribution in [2.75, 3.05) is 0 Å². The van der Waals surface area contributed by atoms with E-state index in [0.29, 0.717) is 0 Å². The topological polar surface area (TPSA) is 0 Å². The number of rotatable bonds is 9. The van der Waals surface area contributed by atoms with Gasteiger partial charge in [0.25, 0.3) is 0 Å². The van der Waals surface area contributed by atoms with E-state index in [9.17, 15) is 0 Å². The fourth-order valence-corrected chi connectivity index (χ4v) is 9.33. The molecule has 0 radical (unpaired) electrons. The molecule has 4 aliphatic rings. The highest BCUT2D eigenvalue weighted by Crippen LogP contribution is 2.55. The lowest BCUT2D eigenvalue weighted by Crippen LogP contribution is -2.39. The molecular formula is C32H58. The molecule has 4 aliphatic carbocycles. The number of hydrogen-bond donors (Lipinski definition) is 0. The Bertz CT molecular complexity index is 490. The minimum atomic E-state index is 0.762. The summed E-state index contributed by atoms with van der Waals surface area (Å²) in [6.07, 6.45) is 35.7. The van der Waals surface area contributed by atoms with E-state index in [-0.39, 0.29) is 0 Å². The van der Waals surface area contributed by atoms with Crippen molar-refractivity contribution in [3.05, 3.63) is 0 Å². The molecule has 186 valence electrons. The molecule has 0 nitrogen and oxygen atoms in total. The predicted molar refractivity (Wildman–Crippen MR) is 141 cm³/mol. The molecule has 0 heterocycles. The normalized spacial score (nSPS) is 39.8. The van der Waals surface area contributed by atoms with E-state index in [1.54, 1.807) is 116 Å². The Kier molecular flexibility index (Phi) is 9.91. The molecule has 4 saturated carbocycles. The zero-order chi connectivity index (χ0) is 22.2. The summed E-state index contributed by atoms with van der Waals surface area (Å²) in [4.78, 5) is 0. The van der Waals surface area contributed by atoms with E-state index in [4.69, 9.17) is 0 Å². The van der Waals surface area contributed by atoms with Crippen LogP contribution in [0.1, 0.15) is 162 Å². The molecule has 0 aromatic carbocycles. The van der Waals surface area contributed by atoms with Gasteiger partial charge in [0.15, 0.2) is 0 Å². The predicted octanol–water partition coefficient (Wildman–Crippen LogP) is 10.7. The molecule has 0 aliphatic heterocycles. The van der Waals surface area contributed by atoms with E-state index in [1.807, 2.05) is 0 Å². The maximum Gasteiger partial charge on any atom is -0.0266 e. The Morgan fingerprint density at radius 2 is 0.969 bits per heavy atom. The lowest BCUT2D eigenvalue weighted by atomic mass is 9.55. The van der Waals surface area contributed by atoms with Gasteiger partial charge in [0, 0.05) is 0 Å². The average Bonchev–Trinajstić information content (AvgIpc) is 2.84. The smallest absolute Gasteiger partial charge is 0.0266 e. The quantitative estimate of drug-likeness (QED) is 0.333. The van der Waals surface area contributed by atoms with Crippen LogP contribution in [0.4, 0.5) is 0 Å². The molecule has 32 heavy (non-hydrogen) atoms. The zero-order valence-corrected chi connectivity index (χ0v) is 22.2. The van der Waals surface area contributed by atoms with Gasteiger partial charge in [-0.2, -0.15) is 0 Å². The molecule has 0 heteroatoms. The molecule has 0 spiro atoms. The second-order valence-corrected chi connectivity index (χ2v) is 13.4. The van der Waals surface area contributed by atoms with Crippen LogP contribution in [0.5, 0.6) is 0 Å². The molecule has 4 fully saturated rings. The summed E-state index contributed by atoms with van der Waals surface area (Å²) in [6.45, 7) is 4.77. The van der Waals surface area contributed by atoms with Crippen LogP contribution in [-0.2, 0) is 0 Å². The van der Waals surface area contributed by atoms with Gasteiger partial charge in [0.1, 0.15) is 0 Å². The van der Waals surface area contributed by atoms with Crippen molar-refractivity contribution in [2.45, 2.75) is 162 Å². The van der Waals surface area contributed by atoms with Crippen LogP contribution in [-0.4, -0.2) is 0 Å². The second kappa shape index (κ2) is 12.6. The summed E-state index contributed by atoms with van der Waals surface area (Å²) in [5, 5.41) is 0. The van der Waals surface area contributed by atoms with Gasteiger partial charge in [-0.05, 0) is 92.3 Å². The fourth-order valence-electron chi connectivity index (χ4n) is 9.33. The summed E-state index contributed by atoms with van der Waals surface area (Å²) in [7, 11) is 0. The maximum atomic E-state index is 2.39. The van der Waals surface area contributed by atoms with E-state index >= 15 is 0 Å². The summed E-state index contributed by atoms with van der Waals surface area (Å²) < 4.78 is 0. The Balaban J connectivity index is 1.28. The SMILES string of the molecule is CCCC1CCC(CC2CCC(CC3CCC(CCC)CC3)(C3CCCCC3)CC2)CC1. The van der Waals surface area contributed by atoms with Gasteiger partial charge < -0.3 is 0 Å². The molecule has 0 bridgehead atoms. The van der Waals surface area contributed by atoms with Crippen LogP contribution in [0, 0.1) is 40.9 Å². The molecule has 0 atom stereocenters. The van der Waals surface area contributed by atoms with Gasteiger partial charge in [-0.25, -0.2) is 0 Å². The van der Waals surface area contributed by atoms with Gasteiger partial charge in [-0.3, -0.25) is 0 Å². The molecule has 0 aromatic heterocycles. The van der Waals surface area contributed by atoms with Gasteiger partial charge in [0.05, 0.1) is 0 Å². The summed E-state index contributed by atoms with van der Waals surface area (Å²) in [5.74, 6) is 6.49. The summed E-state index contributed by atoms with van der Waals surface area (Å²) >= 11 is 0. The van der Waals surface area contributed by atoms with Gasteiger partial charge in [-0.15, -0.1) is 0 Å². The molecule has 0 aromatic rings. The highest BCUT2D eigenvalue weighted by molar-refractivity contribution is 4.95. The van der Waals surface area contributed by atoms with E-state index in [1.165, 1.54) is 32.1 Å². The van der Waals surface area contributed by atoms with Crippen LogP contribution in [0.3, 0.4) is 0 Å². The van der Waals surface area contributed by atoms with Crippen LogP contribution in [0.25, 0.3) is 0 Å². The Morgan fingerprint density at radius 3 is 1.50 bits per heavy atom. The van der Waals surface area contributed by atoms with Gasteiger partial charge in [0.2, 0.25) is 0 Å². The molecule has 0 saturated heterocycles. The average molecular weight is 443 g/mol. The van der Waals surface area contributed by atoms with E-state index < -0.39 is 0 Å². The highest BCUT2D eigenvalue weighted by atomic mass is 14.5. The van der Waals surface area contributed by atoms with Crippen molar-refractivity contribution < 1.29 is 0 Å². The van der Waals surface area contributed by atoms with Crippen LogP contribution >= 0.6 is 0 Å². The lowest BCUT2D eigenvalue weighted by molar-refractivity contribution is 0.0103. The summed E-state index contributed by atoms with van der Waals surface area (Å²) in [5.41, 5.74) is 0.762. The van der Waals surface area contributed by atoms with Crippen molar-refractivity contribution in [1.82, 2.24) is 0 Å². The van der Waals surface area contributed by atoms with Crippen molar-refractivity contribution in [3.8, 4) is 0 Å². The minimum Gasteiger partial charge on any atom is -0.0654 e. The molecule has 4 rings (SSSR count). The van der Waals surface area contributed by atoms with Gasteiger partial charge in [-0.1, -0.05) is 110 Å². The standard InChI is InChI=1S/C32H58/c1-3-8-26-12-16-28(17-13-26)24-29-20-22-32(23-21-29,31-10-6-5-7-11-31)25-30-18-14-27(9-4-2)15-19-30/h26-31H,3-25H2,1-2H3. The monoisotopic (exact) mass is 442 g/mol. The van der Waals surface area contributed by atoms with Crippen molar-refractivity contribution in [2.24, 2.45) is 40.9 Å².